The molecule has 1 atom stereocenters. The first kappa shape index (κ1) is 33.0. The quantitative estimate of drug-likeness (QED) is 0.205. The predicted molar refractivity (Wildman–Crippen MR) is 152 cm³/mol. The molecule has 246 valence electrons. The van der Waals surface area contributed by atoms with Gasteiger partial charge in [-0.3, -0.25) is 14.7 Å². The smallest absolute Gasteiger partial charge is 0.430 e. The van der Waals surface area contributed by atoms with Gasteiger partial charge in [0.1, 0.15) is 28.4 Å². The zero-order valence-electron chi connectivity index (χ0n) is 25.3. The number of nitrogens with one attached hydrogen (secondary N) is 1. The summed E-state index contributed by atoms with van der Waals surface area (Å²) in [5.41, 5.74) is -6.51. The van der Waals surface area contributed by atoms with Gasteiger partial charge in [0.15, 0.2) is 0 Å². The number of rotatable bonds is 8. The zero-order chi connectivity index (χ0) is 33.9. The molecule has 14 heteroatoms. The molecule has 0 aliphatic carbocycles. The van der Waals surface area contributed by atoms with Crippen LogP contribution in [0.3, 0.4) is 0 Å². The van der Waals surface area contributed by atoms with E-state index in [4.69, 9.17) is 9.47 Å². The van der Waals surface area contributed by atoms with Gasteiger partial charge < -0.3 is 19.9 Å². The Morgan fingerprint density at radius 2 is 1.70 bits per heavy atom. The molecule has 3 amide bonds. The second-order valence-corrected chi connectivity index (χ2v) is 12.2. The van der Waals surface area contributed by atoms with Crippen LogP contribution in [0.2, 0.25) is 0 Å². The van der Waals surface area contributed by atoms with Crippen LogP contribution in [0.1, 0.15) is 62.1 Å². The Morgan fingerprint density at radius 1 is 1.00 bits per heavy atom. The number of carbonyl (C=O) groups is 2. The highest BCUT2D eigenvalue weighted by Gasteiger charge is 2.71. The highest BCUT2D eigenvalue weighted by atomic mass is 19.4. The lowest BCUT2D eigenvalue weighted by molar-refractivity contribution is -0.376. The molecule has 0 saturated carbocycles. The molecule has 1 aromatic heterocycles. The third-order valence-electron chi connectivity index (χ3n) is 8.07. The fraction of sp³-hybridized carbons (Fsp3) is 0.406. The molecule has 3 heterocycles. The molecule has 2 aliphatic heterocycles. The second kappa shape index (κ2) is 11.2. The molecule has 8 nitrogen and oxygen atoms in total. The van der Waals surface area contributed by atoms with Crippen LogP contribution < -0.4 is 14.8 Å². The number of ether oxygens (including phenoxy) is 2. The summed E-state index contributed by atoms with van der Waals surface area (Å²) in [6.07, 6.45) is -9.72. The Bertz CT molecular complexity index is 1680. The number of hydrogen-bond donors (Lipinski definition) is 2. The van der Waals surface area contributed by atoms with E-state index in [0.29, 0.717) is 36.3 Å². The van der Waals surface area contributed by atoms with Crippen molar-refractivity contribution in [3.8, 4) is 17.2 Å². The van der Waals surface area contributed by atoms with E-state index in [1.165, 1.54) is 18.3 Å². The molecule has 2 aliphatic rings. The average molecular weight is 652 g/mol. The van der Waals surface area contributed by atoms with Crippen LogP contribution in [-0.2, 0) is 35.3 Å². The zero-order valence-corrected chi connectivity index (χ0v) is 25.3. The summed E-state index contributed by atoms with van der Waals surface area (Å²) >= 11 is 0. The first-order valence-corrected chi connectivity index (χ1v) is 14.4. The standard InChI is InChI=1S/C32H31F6N3O5/c1-5-6-18-13-21(30(44,31(33,34)35)32(36,37)38)8-9-24(18)45-23-11-12-39-22(15-23)17-41-26(42)29(4,40-27(41)43)20-7-10-25-19(14-20)16-28(2,3)46-25/h7-15,44H,5-6,16-17H2,1-4H3,(H,40,43). The summed E-state index contributed by atoms with van der Waals surface area (Å²) in [4.78, 5) is 31.8. The molecule has 0 spiro atoms. The third kappa shape index (κ3) is 5.74. The average Bonchev–Trinajstić information content (AvgIpc) is 3.38. The monoisotopic (exact) mass is 651 g/mol. The first-order chi connectivity index (χ1) is 21.3. The van der Waals surface area contributed by atoms with E-state index in [0.717, 1.165) is 16.5 Å². The number of nitrogens with zero attached hydrogens (tertiary/aromatic N) is 2. The van der Waals surface area contributed by atoms with Crippen LogP contribution in [0.15, 0.2) is 54.7 Å². The van der Waals surface area contributed by atoms with E-state index in [1.54, 1.807) is 26.0 Å². The van der Waals surface area contributed by atoms with Gasteiger partial charge in [0.05, 0.1) is 12.2 Å². The minimum absolute atomic E-state index is 0.00159. The van der Waals surface area contributed by atoms with Gasteiger partial charge in [0.2, 0.25) is 0 Å². The number of amides is 3. The topological polar surface area (TPSA) is 101 Å². The lowest BCUT2D eigenvalue weighted by Gasteiger charge is -2.33. The molecule has 3 aromatic rings. The number of imide groups is 1. The largest absolute Gasteiger partial charge is 0.487 e. The van der Waals surface area contributed by atoms with Crippen LogP contribution in [0.25, 0.3) is 0 Å². The summed E-state index contributed by atoms with van der Waals surface area (Å²) in [7, 11) is 0. The van der Waals surface area contributed by atoms with E-state index in [1.807, 2.05) is 19.9 Å². The van der Waals surface area contributed by atoms with Crippen molar-refractivity contribution in [3.05, 3.63) is 82.7 Å². The summed E-state index contributed by atoms with van der Waals surface area (Å²) < 4.78 is 92.6. The van der Waals surface area contributed by atoms with Crippen molar-refractivity contribution >= 4 is 11.9 Å². The van der Waals surface area contributed by atoms with Crippen molar-refractivity contribution in [2.24, 2.45) is 0 Å². The highest BCUT2D eigenvalue weighted by Crippen LogP contribution is 2.51. The van der Waals surface area contributed by atoms with Crippen molar-refractivity contribution in [2.45, 2.75) is 82.6 Å². The van der Waals surface area contributed by atoms with Crippen LogP contribution in [-0.4, -0.2) is 44.9 Å². The number of halogens is 6. The lowest BCUT2D eigenvalue weighted by atomic mass is 9.89. The number of aliphatic hydroxyl groups is 1. The summed E-state index contributed by atoms with van der Waals surface area (Å²) in [5, 5.41) is 12.6. The number of alkyl halides is 6. The lowest BCUT2D eigenvalue weighted by Crippen LogP contribution is -2.53. The molecule has 0 bridgehead atoms. The van der Waals surface area contributed by atoms with Crippen molar-refractivity contribution in [1.82, 2.24) is 15.2 Å². The summed E-state index contributed by atoms with van der Waals surface area (Å²) in [6, 6.07) is 9.53. The number of aromatic nitrogens is 1. The maximum absolute atomic E-state index is 13.6. The fourth-order valence-electron chi connectivity index (χ4n) is 5.71. The Balaban J connectivity index is 1.37. The number of benzene rings is 2. The Kier molecular flexibility index (Phi) is 8.03. The van der Waals surface area contributed by atoms with Crippen molar-refractivity contribution in [2.75, 3.05) is 0 Å². The molecule has 5 rings (SSSR count). The fourth-order valence-corrected chi connectivity index (χ4v) is 5.71. The minimum atomic E-state index is -6.03. The van der Waals surface area contributed by atoms with Crippen molar-refractivity contribution < 1.29 is 50.5 Å². The maximum atomic E-state index is 13.6. The maximum Gasteiger partial charge on any atom is 0.430 e. The van der Waals surface area contributed by atoms with Crippen LogP contribution in [0.4, 0.5) is 31.1 Å². The molecule has 46 heavy (non-hydrogen) atoms. The van der Waals surface area contributed by atoms with Gasteiger partial charge in [0, 0.05) is 24.2 Å². The number of urea groups is 1. The van der Waals surface area contributed by atoms with E-state index in [2.05, 4.69) is 10.3 Å². The Labute approximate surface area is 260 Å². The molecule has 1 unspecified atom stereocenters. The van der Waals surface area contributed by atoms with Gasteiger partial charge >= 0.3 is 18.4 Å². The van der Waals surface area contributed by atoms with Gasteiger partial charge in [-0.15, -0.1) is 0 Å². The van der Waals surface area contributed by atoms with Crippen LogP contribution >= 0.6 is 0 Å². The normalized spacial score (nSPS) is 19.6. The Morgan fingerprint density at radius 3 is 2.35 bits per heavy atom. The molecule has 1 fully saturated rings. The number of aryl methyl sites for hydroxylation is 1. The number of fused-ring (bicyclic) bond motifs is 1. The van der Waals surface area contributed by atoms with Crippen molar-refractivity contribution in [3.63, 3.8) is 0 Å². The van der Waals surface area contributed by atoms with Gasteiger partial charge in [-0.2, -0.15) is 26.3 Å². The van der Waals surface area contributed by atoms with Gasteiger partial charge in [0.25, 0.3) is 11.5 Å². The summed E-state index contributed by atoms with van der Waals surface area (Å²) in [5.74, 6) is 0.250. The Hall–Kier alpha value is -4.33. The molecule has 1 saturated heterocycles. The predicted octanol–water partition coefficient (Wildman–Crippen LogP) is 6.82. The molecular weight excluding hydrogens is 620 g/mol. The van der Waals surface area contributed by atoms with E-state index < -0.39 is 46.6 Å². The van der Waals surface area contributed by atoms with Crippen molar-refractivity contribution in [1.29, 1.82) is 0 Å². The van der Waals surface area contributed by atoms with E-state index in [-0.39, 0.29) is 35.7 Å². The molecule has 0 radical (unpaired) electrons. The van der Waals surface area contributed by atoms with Gasteiger partial charge in [-0.25, -0.2) is 4.79 Å². The highest BCUT2D eigenvalue weighted by molar-refractivity contribution is 6.07. The first-order valence-electron chi connectivity index (χ1n) is 14.4. The van der Waals surface area contributed by atoms with Crippen LogP contribution in [0.5, 0.6) is 17.2 Å². The molecule has 2 N–H and O–H groups in total. The molecular formula is C32H31F6N3O5. The van der Waals surface area contributed by atoms with E-state index in [9.17, 15) is 41.0 Å². The van der Waals surface area contributed by atoms with Gasteiger partial charge in [-0.1, -0.05) is 25.5 Å². The van der Waals surface area contributed by atoms with Gasteiger partial charge in [-0.05, 0) is 74.2 Å². The minimum Gasteiger partial charge on any atom is -0.487 e. The summed E-state index contributed by atoms with van der Waals surface area (Å²) in [6.45, 7) is 6.92. The SMILES string of the molecule is CCCc1cc(C(O)(C(F)(F)F)C(F)(F)F)ccc1Oc1ccnc(CN2C(=O)NC(C)(c3ccc4c(c3)CC(C)(C)O4)C2=O)c1. The second-order valence-electron chi connectivity index (χ2n) is 12.2. The van der Waals surface area contributed by atoms with E-state index >= 15 is 0 Å². The number of pyridine rings is 1. The third-order valence-corrected chi connectivity index (χ3v) is 8.07. The number of hydrogen-bond acceptors (Lipinski definition) is 6. The number of carbonyl (C=O) groups excluding carboxylic acids is 2. The van der Waals surface area contributed by atoms with Crippen LogP contribution in [0, 0.1) is 0 Å². The molecule has 2 aromatic carbocycles.